The van der Waals surface area contributed by atoms with E-state index in [1.807, 2.05) is 0 Å². The Morgan fingerprint density at radius 3 is 2.39 bits per heavy atom. The molecule has 0 aliphatic heterocycles. The number of nitrogens with zero attached hydrogens (tertiary/aromatic N) is 1. The van der Waals surface area contributed by atoms with Crippen LogP contribution in [0, 0.1) is 11.3 Å². The standard InChI is InChI=1S/C16H34N2/c1-5-11-16(4,13-17-6-2)14-18(7-3)12-15-9-8-10-15/h15,17H,5-14H2,1-4H3. The Hall–Kier alpha value is -0.0800. The van der Waals surface area contributed by atoms with Crippen molar-refractivity contribution in [1.82, 2.24) is 10.2 Å². The first-order valence-electron chi connectivity index (χ1n) is 8.06. The van der Waals surface area contributed by atoms with E-state index in [2.05, 4.69) is 37.9 Å². The zero-order valence-electron chi connectivity index (χ0n) is 13.1. The highest BCUT2D eigenvalue weighted by Crippen LogP contribution is 2.29. The highest BCUT2D eigenvalue weighted by atomic mass is 15.1. The van der Waals surface area contributed by atoms with Gasteiger partial charge in [0.2, 0.25) is 0 Å². The number of hydrogen-bond acceptors (Lipinski definition) is 2. The third kappa shape index (κ3) is 5.27. The van der Waals surface area contributed by atoms with Crippen molar-refractivity contribution in [3.8, 4) is 0 Å². The van der Waals surface area contributed by atoms with Crippen molar-refractivity contribution in [1.29, 1.82) is 0 Å². The topological polar surface area (TPSA) is 15.3 Å². The van der Waals surface area contributed by atoms with E-state index in [4.69, 9.17) is 0 Å². The van der Waals surface area contributed by atoms with E-state index in [1.54, 1.807) is 0 Å². The second-order valence-electron chi connectivity index (χ2n) is 6.47. The first-order valence-corrected chi connectivity index (χ1v) is 8.06. The largest absolute Gasteiger partial charge is 0.316 e. The van der Waals surface area contributed by atoms with Crippen molar-refractivity contribution in [2.75, 3.05) is 32.7 Å². The lowest BCUT2D eigenvalue weighted by atomic mass is 9.82. The maximum atomic E-state index is 3.56. The van der Waals surface area contributed by atoms with Gasteiger partial charge in [-0.2, -0.15) is 0 Å². The van der Waals surface area contributed by atoms with Gasteiger partial charge in [0, 0.05) is 19.6 Å². The molecule has 1 atom stereocenters. The molecule has 0 amide bonds. The molecule has 0 heterocycles. The molecule has 2 heteroatoms. The average molecular weight is 254 g/mol. The van der Waals surface area contributed by atoms with Crippen LogP contribution in [0.2, 0.25) is 0 Å². The summed E-state index contributed by atoms with van der Waals surface area (Å²) in [5.74, 6) is 0.995. The van der Waals surface area contributed by atoms with Crippen LogP contribution < -0.4 is 5.32 Å². The normalized spacial score (nSPS) is 19.8. The van der Waals surface area contributed by atoms with Crippen LogP contribution in [-0.4, -0.2) is 37.6 Å². The van der Waals surface area contributed by atoms with E-state index in [0.29, 0.717) is 5.41 Å². The van der Waals surface area contributed by atoms with Gasteiger partial charge in [0.25, 0.3) is 0 Å². The molecule has 1 aliphatic rings. The molecule has 1 rings (SSSR count). The van der Waals surface area contributed by atoms with Crippen LogP contribution in [0.4, 0.5) is 0 Å². The molecule has 2 nitrogen and oxygen atoms in total. The average Bonchev–Trinajstić information content (AvgIpc) is 2.30. The molecule has 0 aromatic heterocycles. The van der Waals surface area contributed by atoms with Crippen LogP contribution >= 0.6 is 0 Å². The van der Waals surface area contributed by atoms with Crippen molar-refractivity contribution < 1.29 is 0 Å². The van der Waals surface area contributed by atoms with E-state index in [-0.39, 0.29) is 0 Å². The van der Waals surface area contributed by atoms with E-state index in [1.165, 1.54) is 58.3 Å². The zero-order chi connectivity index (χ0) is 13.4. The van der Waals surface area contributed by atoms with Crippen LogP contribution in [0.25, 0.3) is 0 Å². The van der Waals surface area contributed by atoms with Crippen molar-refractivity contribution in [3.05, 3.63) is 0 Å². The van der Waals surface area contributed by atoms with Gasteiger partial charge in [0.05, 0.1) is 0 Å². The minimum atomic E-state index is 0.449. The van der Waals surface area contributed by atoms with Crippen LogP contribution in [0.5, 0.6) is 0 Å². The molecule has 1 fully saturated rings. The van der Waals surface area contributed by atoms with Crippen LogP contribution in [0.1, 0.15) is 59.8 Å². The first kappa shape index (κ1) is 16.0. The Morgan fingerprint density at radius 2 is 1.94 bits per heavy atom. The van der Waals surface area contributed by atoms with Crippen LogP contribution in [0.15, 0.2) is 0 Å². The maximum Gasteiger partial charge on any atom is 0.00475 e. The molecule has 0 aromatic rings. The van der Waals surface area contributed by atoms with Crippen molar-refractivity contribution in [3.63, 3.8) is 0 Å². The summed E-state index contributed by atoms with van der Waals surface area (Å²) in [6.07, 6.45) is 7.03. The Bertz CT molecular complexity index is 213. The van der Waals surface area contributed by atoms with E-state index in [0.717, 1.165) is 12.5 Å². The van der Waals surface area contributed by atoms with E-state index >= 15 is 0 Å². The summed E-state index contributed by atoms with van der Waals surface area (Å²) in [4.78, 5) is 2.69. The van der Waals surface area contributed by atoms with Crippen molar-refractivity contribution in [2.24, 2.45) is 11.3 Å². The van der Waals surface area contributed by atoms with Gasteiger partial charge in [0.1, 0.15) is 0 Å². The Morgan fingerprint density at radius 1 is 1.22 bits per heavy atom. The predicted octanol–water partition coefficient (Wildman–Crippen LogP) is 3.52. The van der Waals surface area contributed by atoms with Gasteiger partial charge >= 0.3 is 0 Å². The van der Waals surface area contributed by atoms with Gasteiger partial charge in [0.15, 0.2) is 0 Å². The maximum absolute atomic E-state index is 3.56. The minimum Gasteiger partial charge on any atom is -0.316 e. The summed E-state index contributed by atoms with van der Waals surface area (Å²) >= 11 is 0. The van der Waals surface area contributed by atoms with Crippen LogP contribution in [-0.2, 0) is 0 Å². The first-order chi connectivity index (χ1) is 8.63. The van der Waals surface area contributed by atoms with Gasteiger partial charge in [-0.25, -0.2) is 0 Å². The van der Waals surface area contributed by atoms with Gasteiger partial charge < -0.3 is 10.2 Å². The van der Waals surface area contributed by atoms with Gasteiger partial charge in [-0.05, 0) is 43.7 Å². The molecule has 1 unspecified atom stereocenters. The number of hydrogen-bond donors (Lipinski definition) is 1. The Balaban J connectivity index is 2.43. The summed E-state index contributed by atoms with van der Waals surface area (Å²) < 4.78 is 0. The fraction of sp³-hybridized carbons (Fsp3) is 1.00. The highest BCUT2D eigenvalue weighted by molar-refractivity contribution is 4.82. The van der Waals surface area contributed by atoms with Gasteiger partial charge in [-0.3, -0.25) is 0 Å². The monoisotopic (exact) mass is 254 g/mol. The second kappa shape index (κ2) is 8.16. The summed E-state index contributed by atoms with van der Waals surface area (Å²) in [6, 6.07) is 0. The zero-order valence-corrected chi connectivity index (χ0v) is 13.1. The minimum absolute atomic E-state index is 0.449. The molecule has 0 bridgehead atoms. The Kier molecular flexibility index (Phi) is 7.25. The molecular formula is C16H34N2. The highest BCUT2D eigenvalue weighted by Gasteiger charge is 2.27. The quantitative estimate of drug-likeness (QED) is 0.641. The fourth-order valence-electron chi connectivity index (χ4n) is 3.14. The SMILES string of the molecule is CCCC(C)(CNCC)CN(CC)CC1CCC1. The lowest BCUT2D eigenvalue weighted by Gasteiger charge is -2.38. The smallest absolute Gasteiger partial charge is 0.00475 e. The Labute approximate surface area is 115 Å². The van der Waals surface area contributed by atoms with Crippen LogP contribution in [0.3, 0.4) is 0 Å². The molecule has 1 aliphatic carbocycles. The summed E-state index contributed by atoms with van der Waals surface area (Å²) in [7, 11) is 0. The molecule has 1 saturated carbocycles. The fourth-order valence-corrected chi connectivity index (χ4v) is 3.14. The number of rotatable bonds is 10. The molecule has 1 N–H and O–H groups in total. The molecule has 0 saturated heterocycles. The van der Waals surface area contributed by atoms with Gasteiger partial charge in [-0.15, -0.1) is 0 Å². The second-order valence-corrected chi connectivity index (χ2v) is 6.47. The molecular weight excluding hydrogens is 220 g/mol. The molecule has 108 valence electrons. The molecule has 0 radical (unpaired) electrons. The summed E-state index contributed by atoms with van der Waals surface area (Å²) in [5, 5.41) is 3.56. The van der Waals surface area contributed by atoms with Gasteiger partial charge in [-0.1, -0.05) is 40.5 Å². The third-order valence-electron chi connectivity index (χ3n) is 4.45. The van der Waals surface area contributed by atoms with E-state index in [9.17, 15) is 0 Å². The number of nitrogens with one attached hydrogen (secondary N) is 1. The van der Waals surface area contributed by atoms with Crippen molar-refractivity contribution >= 4 is 0 Å². The molecule has 0 spiro atoms. The lowest BCUT2D eigenvalue weighted by molar-refractivity contribution is 0.117. The summed E-state index contributed by atoms with van der Waals surface area (Å²) in [6.45, 7) is 15.4. The molecule has 0 aromatic carbocycles. The predicted molar refractivity (Wildman–Crippen MR) is 81.0 cm³/mol. The summed E-state index contributed by atoms with van der Waals surface area (Å²) in [5.41, 5.74) is 0.449. The van der Waals surface area contributed by atoms with E-state index < -0.39 is 0 Å². The molecule has 18 heavy (non-hydrogen) atoms. The third-order valence-corrected chi connectivity index (χ3v) is 4.45. The van der Waals surface area contributed by atoms with Crippen molar-refractivity contribution in [2.45, 2.75) is 59.8 Å². The lowest BCUT2D eigenvalue weighted by Crippen LogP contribution is -2.44.